The lowest BCUT2D eigenvalue weighted by atomic mass is 9.87. The Morgan fingerprint density at radius 2 is 1.06 bits per heavy atom. The number of carbonyl (C=O) groups excluding carboxylic acids is 2. The molecule has 34 heavy (non-hydrogen) atoms. The molecule has 8 N–H and O–H groups in total. The maximum Gasteiger partial charge on any atom is 0.221 e. The third-order valence-electron chi connectivity index (χ3n) is 5.45. The Labute approximate surface area is 212 Å². The van der Waals surface area contributed by atoms with E-state index in [1.54, 1.807) is 49.3 Å². The Morgan fingerprint density at radius 1 is 0.706 bits per heavy atom. The molecule has 0 aromatic carbocycles. The van der Waals surface area contributed by atoms with Crippen LogP contribution in [0.3, 0.4) is 0 Å². The summed E-state index contributed by atoms with van der Waals surface area (Å²) in [5, 5.41) is 50.1. The zero-order valence-electron chi connectivity index (χ0n) is 21.1. The van der Waals surface area contributed by atoms with Gasteiger partial charge in [0.25, 0.3) is 0 Å². The van der Waals surface area contributed by atoms with E-state index >= 15 is 0 Å². The molecule has 0 rings (SSSR count). The summed E-state index contributed by atoms with van der Waals surface area (Å²) >= 11 is 0. The van der Waals surface area contributed by atoms with Gasteiger partial charge in [0.15, 0.2) is 0 Å². The Kier molecular flexibility index (Phi) is 18.3. The van der Waals surface area contributed by atoms with Crippen LogP contribution in [0.2, 0.25) is 0 Å². The Bertz CT molecular complexity index is 522. The fourth-order valence-corrected chi connectivity index (χ4v) is 4.22. The molecule has 0 aliphatic carbocycles. The van der Waals surface area contributed by atoms with Gasteiger partial charge in [-0.25, -0.2) is 0 Å². The normalized spacial score (nSPS) is 14.0. The smallest absolute Gasteiger partial charge is 0.221 e. The summed E-state index contributed by atoms with van der Waals surface area (Å²) in [6.45, 7) is 9.62. The topological polar surface area (TPSA) is 163 Å². The van der Waals surface area contributed by atoms with Crippen LogP contribution in [0.25, 0.3) is 0 Å². The lowest BCUT2D eigenvalue weighted by Gasteiger charge is -2.28. The molecule has 0 radical (unpaired) electrons. The van der Waals surface area contributed by atoms with Crippen molar-refractivity contribution in [1.29, 1.82) is 0 Å². The lowest BCUT2D eigenvalue weighted by molar-refractivity contribution is -0.121. The average molecular weight is 527 g/mol. The number of hydrogen-bond donors (Lipinski definition) is 8. The SMILES string of the molecule is CC(C)(CO)C(O)CNCCC(=O)NCCSSCCNC(=O)CCNCC(O)C(C)(C)CO. The minimum absolute atomic E-state index is 0.0534. The predicted molar refractivity (Wildman–Crippen MR) is 140 cm³/mol. The highest BCUT2D eigenvalue weighted by Crippen LogP contribution is 2.20. The molecule has 0 heterocycles. The largest absolute Gasteiger partial charge is 0.396 e. The van der Waals surface area contributed by atoms with Crippen LogP contribution in [-0.2, 0) is 9.59 Å². The van der Waals surface area contributed by atoms with Crippen LogP contribution < -0.4 is 21.3 Å². The second-order valence-electron chi connectivity index (χ2n) is 9.58. The van der Waals surface area contributed by atoms with Crippen LogP contribution in [-0.4, -0.2) is 108 Å². The van der Waals surface area contributed by atoms with Gasteiger partial charge in [-0.15, -0.1) is 0 Å². The van der Waals surface area contributed by atoms with Crippen molar-refractivity contribution in [1.82, 2.24) is 21.3 Å². The van der Waals surface area contributed by atoms with Gasteiger partial charge in [0.2, 0.25) is 11.8 Å². The van der Waals surface area contributed by atoms with Crippen LogP contribution in [0.15, 0.2) is 0 Å². The molecule has 12 heteroatoms. The molecule has 0 spiro atoms. The third-order valence-corrected chi connectivity index (χ3v) is 7.86. The first-order chi connectivity index (χ1) is 16.0. The zero-order valence-corrected chi connectivity index (χ0v) is 22.7. The second-order valence-corrected chi connectivity index (χ2v) is 12.3. The maximum absolute atomic E-state index is 11.8. The molecule has 0 bridgehead atoms. The fourth-order valence-electron chi connectivity index (χ4n) is 2.40. The first-order valence-corrected chi connectivity index (χ1v) is 14.2. The van der Waals surface area contributed by atoms with E-state index < -0.39 is 23.0 Å². The van der Waals surface area contributed by atoms with Gasteiger partial charge in [-0.05, 0) is 0 Å². The van der Waals surface area contributed by atoms with Crippen LogP contribution >= 0.6 is 21.6 Å². The summed E-state index contributed by atoms with van der Waals surface area (Å²) < 4.78 is 0. The Balaban J connectivity index is 3.56. The van der Waals surface area contributed by atoms with E-state index in [1.807, 2.05) is 0 Å². The van der Waals surface area contributed by atoms with Crippen molar-refractivity contribution in [3.05, 3.63) is 0 Å². The molecule has 0 aromatic rings. The zero-order chi connectivity index (χ0) is 26.0. The van der Waals surface area contributed by atoms with E-state index in [1.165, 1.54) is 0 Å². The van der Waals surface area contributed by atoms with Gasteiger partial charge < -0.3 is 41.7 Å². The van der Waals surface area contributed by atoms with Crippen LogP contribution in [0, 0.1) is 10.8 Å². The molecule has 0 fully saturated rings. The number of amides is 2. The highest BCUT2D eigenvalue weighted by molar-refractivity contribution is 8.76. The van der Waals surface area contributed by atoms with Gasteiger partial charge in [0.05, 0.1) is 25.4 Å². The van der Waals surface area contributed by atoms with Gasteiger partial charge in [-0.1, -0.05) is 49.3 Å². The number of aliphatic hydroxyl groups is 4. The average Bonchev–Trinajstić information content (AvgIpc) is 2.80. The van der Waals surface area contributed by atoms with Gasteiger partial charge in [0.1, 0.15) is 0 Å². The quantitative estimate of drug-likeness (QED) is 0.0710. The molecular formula is C22H46N4O6S2. The van der Waals surface area contributed by atoms with Crippen molar-refractivity contribution in [2.24, 2.45) is 10.8 Å². The molecule has 10 nitrogen and oxygen atoms in total. The molecule has 2 atom stereocenters. The standard InChI is InChI=1S/C22H46N4O6S2/c1-21(2,15-27)17(29)13-23-7-5-19(31)25-9-11-33-34-12-10-26-20(32)6-8-24-14-18(30)22(3,4)16-28/h17-18,23-24,27-30H,5-16H2,1-4H3,(H,25,31)(H,26,32). The lowest BCUT2D eigenvalue weighted by Crippen LogP contribution is -2.41. The van der Waals surface area contributed by atoms with E-state index in [0.29, 0.717) is 52.1 Å². The Hall–Kier alpha value is -0.600. The molecule has 0 saturated heterocycles. The van der Waals surface area contributed by atoms with Crippen LogP contribution in [0.1, 0.15) is 40.5 Å². The molecule has 2 unspecified atom stereocenters. The van der Waals surface area contributed by atoms with Crippen LogP contribution in [0.5, 0.6) is 0 Å². The highest BCUT2D eigenvalue weighted by atomic mass is 33.1. The van der Waals surface area contributed by atoms with Gasteiger partial charge in [-0.3, -0.25) is 9.59 Å². The molecule has 0 saturated carbocycles. The highest BCUT2D eigenvalue weighted by Gasteiger charge is 2.27. The molecule has 202 valence electrons. The summed E-state index contributed by atoms with van der Waals surface area (Å²) in [7, 11) is 3.26. The van der Waals surface area contributed by atoms with Crippen molar-refractivity contribution >= 4 is 33.4 Å². The van der Waals surface area contributed by atoms with Gasteiger partial charge in [0, 0.05) is 74.4 Å². The third kappa shape index (κ3) is 16.1. The molecule has 0 aromatic heterocycles. The summed E-state index contributed by atoms with van der Waals surface area (Å²) in [6.07, 6.45) is -0.717. The van der Waals surface area contributed by atoms with E-state index in [-0.39, 0.29) is 25.0 Å². The monoisotopic (exact) mass is 526 g/mol. The Morgan fingerprint density at radius 3 is 1.38 bits per heavy atom. The van der Waals surface area contributed by atoms with Gasteiger partial charge in [-0.2, -0.15) is 0 Å². The molecular weight excluding hydrogens is 480 g/mol. The van der Waals surface area contributed by atoms with Crippen molar-refractivity contribution < 1.29 is 30.0 Å². The second kappa shape index (κ2) is 18.6. The van der Waals surface area contributed by atoms with E-state index in [9.17, 15) is 30.0 Å². The molecule has 0 aliphatic heterocycles. The molecule has 2 amide bonds. The fraction of sp³-hybridized carbons (Fsp3) is 0.909. The van der Waals surface area contributed by atoms with Crippen molar-refractivity contribution in [3.63, 3.8) is 0 Å². The van der Waals surface area contributed by atoms with Crippen molar-refractivity contribution in [2.75, 3.05) is 64.0 Å². The van der Waals surface area contributed by atoms with Crippen molar-refractivity contribution in [2.45, 2.75) is 52.7 Å². The van der Waals surface area contributed by atoms with Crippen molar-refractivity contribution in [3.8, 4) is 0 Å². The summed E-state index contributed by atoms with van der Waals surface area (Å²) in [6, 6.07) is 0. The first kappa shape index (κ1) is 33.4. The summed E-state index contributed by atoms with van der Waals surface area (Å²) in [4.78, 5) is 23.6. The summed E-state index contributed by atoms with van der Waals surface area (Å²) in [5.41, 5.74) is -1.15. The van der Waals surface area contributed by atoms with E-state index in [4.69, 9.17) is 0 Å². The van der Waals surface area contributed by atoms with E-state index in [0.717, 1.165) is 11.5 Å². The number of rotatable bonds is 21. The van der Waals surface area contributed by atoms with Crippen LogP contribution in [0.4, 0.5) is 0 Å². The minimum Gasteiger partial charge on any atom is -0.396 e. The predicted octanol–water partition coefficient (Wildman–Crippen LogP) is -0.682. The number of aliphatic hydroxyl groups excluding tert-OH is 4. The number of carbonyl (C=O) groups is 2. The van der Waals surface area contributed by atoms with Gasteiger partial charge >= 0.3 is 0 Å². The number of hydrogen-bond acceptors (Lipinski definition) is 10. The van der Waals surface area contributed by atoms with E-state index in [2.05, 4.69) is 21.3 Å². The summed E-state index contributed by atoms with van der Waals surface area (Å²) in [5.74, 6) is 1.42. The maximum atomic E-state index is 11.8. The first-order valence-electron chi connectivity index (χ1n) is 11.7. The molecule has 0 aliphatic rings. The minimum atomic E-state index is -0.681. The number of nitrogens with one attached hydrogen (secondary N) is 4.